The second kappa shape index (κ2) is 3.74. The van der Waals surface area contributed by atoms with E-state index in [1.165, 1.54) is 6.07 Å². The molecule has 0 radical (unpaired) electrons. The summed E-state index contributed by atoms with van der Waals surface area (Å²) in [6, 6.07) is 1.32. The molecule has 5 heteroatoms. The molecule has 70 valence electrons. The van der Waals surface area contributed by atoms with E-state index in [-0.39, 0.29) is 5.56 Å². The maximum absolute atomic E-state index is 11.1. The number of H-pyrrole nitrogens is 1. The molecule has 0 aliphatic heterocycles. The smallest absolute Gasteiger partial charge is 0.341 e. The highest BCUT2D eigenvalue weighted by atomic mass is 79.9. The van der Waals surface area contributed by atoms with E-state index in [9.17, 15) is 9.59 Å². The molecule has 13 heavy (non-hydrogen) atoms. The number of carbonyl (C=O) groups is 1. The standard InChI is InChI=1S/C8H8BrNO3/c1-2-6-5(9)3-4(8(12)13)7(11)10-6/h3H,2H2,1H3,(H,10,11)(H,12,13). The Morgan fingerprint density at radius 1 is 1.69 bits per heavy atom. The van der Waals surface area contributed by atoms with Crippen molar-refractivity contribution in [3.63, 3.8) is 0 Å². The summed E-state index contributed by atoms with van der Waals surface area (Å²) in [5.41, 5.74) is -0.105. The van der Waals surface area contributed by atoms with Gasteiger partial charge in [0, 0.05) is 10.2 Å². The Bertz CT molecular complexity index is 397. The molecule has 0 bridgehead atoms. The van der Waals surface area contributed by atoms with Gasteiger partial charge in [-0.05, 0) is 28.4 Å². The third kappa shape index (κ3) is 1.98. The summed E-state index contributed by atoms with van der Waals surface area (Å²) in [5, 5.41) is 8.61. The molecule has 1 aromatic heterocycles. The first kappa shape index (κ1) is 9.98. The van der Waals surface area contributed by atoms with Gasteiger partial charge >= 0.3 is 5.97 Å². The molecule has 0 saturated heterocycles. The molecule has 1 aromatic rings. The number of nitrogens with one attached hydrogen (secondary N) is 1. The van der Waals surface area contributed by atoms with E-state index in [0.29, 0.717) is 16.6 Å². The molecule has 4 nitrogen and oxygen atoms in total. The molecule has 1 heterocycles. The average molecular weight is 246 g/mol. The lowest BCUT2D eigenvalue weighted by Gasteiger charge is -2.01. The van der Waals surface area contributed by atoms with Gasteiger partial charge in [0.25, 0.3) is 5.56 Å². The van der Waals surface area contributed by atoms with Gasteiger partial charge in [0.1, 0.15) is 5.56 Å². The maximum atomic E-state index is 11.1. The first-order chi connectivity index (χ1) is 6.06. The summed E-state index contributed by atoms with van der Waals surface area (Å²) in [6.45, 7) is 1.87. The van der Waals surface area contributed by atoms with Crippen LogP contribution in [0.15, 0.2) is 15.3 Å². The van der Waals surface area contributed by atoms with Gasteiger partial charge < -0.3 is 10.1 Å². The highest BCUT2D eigenvalue weighted by Crippen LogP contribution is 2.14. The Hall–Kier alpha value is -1.10. The number of aromatic carboxylic acids is 1. The number of hydrogen-bond donors (Lipinski definition) is 2. The lowest BCUT2D eigenvalue weighted by molar-refractivity contribution is 0.0695. The molecule has 0 saturated carbocycles. The van der Waals surface area contributed by atoms with Crippen molar-refractivity contribution in [1.82, 2.24) is 4.98 Å². The van der Waals surface area contributed by atoms with Gasteiger partial charge in [0.05, 0.1) is 0 Å². The van der Waals surface area contributed by atoms with Crippen molar-refractivity contribution in [3.8, 4) is 0 Å². The highest BCUT2D eigenvalue weighted by molar-refractivity contribution is 9.10. The fraction of sp³-hybridized carbons (Fsp3) is 0.250. The zero-order valence-electron chi connectivity index (χ0n) is 6.93. The fourth-order valence-electron chi connectivity index (χ4n) is 0.960. The van der Waals surface area contributed by atoms with Crippen LogP contribution in [0.3, 0.4) is 0 Å². The Morgan fingerprint density at radius 3 is 2.77 bits per heavy atom. The molecule has 0 fully saturated rings. The predicted octanol–water partition coefficient (Wildman–Crippen LogP) is 1.40. The minimum atomic E-state index is -1.22. The Morgan fingerprint density at radius 2 is 2.31 bits per heavy atom. The van der Waals surface area contributed by atoms with Gasteiger partial charge in [-0.15, -0.1) is 0 Å². The second-order valence-corrected chi connectivity index (χ2v) is 3.35. The lowest BCUT2D eigenvalue weighted by atomic mass is 10.2. The number of carboxylic acid groups (broad SMARTS) is 1. The van der Waals surface area contributed by atoms with Crippen LogP contribution >= 0.6 is 15.9 Å². The number of rotatable bonds is 2. The van der Waals surface area contributed by atoms with Gasteiger partial charge in [-0.2, -0.15) is 0 Å². The minimum Gasteiger partial charge on any atom is -0.477 e. The molecule has 2 N–H and O–H groups in total. The molecule has 0 unspecified atom stereocenters. The summed E-state index contributed by atoms with van der Waals surface area (Å²) in [4.78, 5) is 24.2. The van der Waals surface area contributed by atoms with Crippen LogP contribution in [-0.4, -0.2) is 16.1 Å². The number of aryl methyl sites for hydroxylation is 1. The Kier molecular flexibility index (Phi) is 2.87. The predicted molar refractivity (Wildman–Crippen MR) is 51.1 cm³/mol. The molecule has 0 aliphatic carbocycles. The van der Waals surface area contributed by atoms with E-state index in [0.717, 1.165) is 0 Å². The second-order valence-electron chi connectivity index (χ2n) is 2.50. The number of hydrogen-bond acceptors (Lipinski definition) is 2. The van der Waals surface area contributed by atoms with E-state index in [1.807, 2.05) is 6.92 Å². The van der Waals surface area contributed by atoms with Gasteiger partial charge in [-0.25, -0.2) is 4.79 Å². The van der Waals surface area contributed by atoms with E-state index < -0.39 is 11.5 Å². The van der Waals surface area contributed by atoms with Crippen molar-refractivity contribution in [2.75, 3.05) is 0 Å². The summed E-state index contributed by atoms with van der Waals surface area (Å²) in [6.07, 6.45) is 0.649. The van der Waals surface area contributed by atoms with E-state index >= 15 is 0 Å². The molecule has 0 aromatic carbocycles. The third-order valence-corrected chi connectivity index (χ3v) is 2.36. The molecular weight excluding hydrogens is 238 g/mol. The molecule has 0 aliphatic rings. The van der Waals surface area contributed by atoms with E-state index in [2.05, 4.69) is 20.9 Å². The van der Waals surface area contributed by atoms with E-state index in [1.54, 1.807) is 0 Å². The number of pyridine rings is 1. The fourth-order valence-corrected chi connectivity index (χ4v) is 1.57. The van der Waals surface area contributed by atoms with Crippen LogP contribution in [0.25, 0.3) is 0 Å². The first-order valence-electron chi connectivity index (χ1n) is 3.71. The van der Waals surface area contributed by atoms with Crippen LogP contribution in [0.5, 0.6) is 0 Å². The van der Waals surface area contributed by atoms with Crippen LogP contribution < -0.4 is 5.56 Å². The quantitative estimate of drug-likeness (QED) is 0.828. The number of carboxylic acids is 1. The van der Waals surface area contributed by atoms with Crippen LogP contribution in [0, 0.1) is 0 Å². The van der Waals surface area contributed by atoms with E-state index in [4.69, 9.17) is 5.11 Å². The number of aromatic amines is 1. The van der Waals surface area contributed by atoms with Crippen molar-refractivity contribution >= 4 is 21.9 Å². The normalized spacial score (nSPS) is 10.0. The Balaban J connectivity index is 3.37. The molecule has 1 rings (SSSR count). The molecule has 0 atom stereocenters. The monoisotopic (exact) mass is 245 g/mol. The van der Waals surface area contributed by atoms with Gasteiger partial charge in [0.2, 0.25) is 0 Å². The first-order valence-corrected chi connectivity index (χ1v) is 4.50. The van der Waals surface area contributed by atoms with Gasteiger partial charge in [-0.3, -0.25) is 4.79 Å². The average Bonchev–Trinajstić information content (AvgIpc) is 2.07. The Labute approximate surface area is 82.7 Å². The lowest BCUT2D eigenvalue weighted by Crippen LogP contribution is -2.18. The van der Waals surface area contributed by atoms with Gasteiger partial charge in [0.15, 0.2) is 0 Å². The van der Waals surface area contributed by atoms with Crippen molar-refractivity contribution in [3.05, 3.63) is 32.2 Å². The highest BCUT2D eigenvalue weighted by Gasteiger charge is 2.10. The summed E-state index contributed by atoms with van der Waals surface area (Å²) in [7, 11) is 0. The zero-order valence-corrected chi connectivity index (χ0v) is 8.51. The SMILES string of the molecule is CCc1[nH]c(=O)c(C(=O)O)cc1Br. The van der Waals surface area contributed by atoms with Crippen LogP contribution in [0.2, 0.25) is 0 Å². The van der Waals surface area contributed by atoms with Crippen molar-refractivity contribution in [2.45, 2.75) is 13.3 Å². The number of halogens is 1. The minimum absolute atomic E-state index is 0.246. The van der Waals surface area contributed by atoms with Crippen LogP contribution in [0.4, 0.5) is 0 Å². The number of aromatic nitrogens is 1. The van der Waals surface area contributed by atoms with Crippen LogP contribution in [-0.2, 0) is 6.42 Å². The van der Waals surface area contributed by atoms with Crippen LogP contribution in [0.1, 0.15) is 23.0 Å². The summed E-state index contributed by atoms with van der Waals surface area (Å²) >= 11 is 3.18. The summed E-state index contributed by atoms with van der Waals surface area (Å²) < 4.78 is 0.618. The maximum Gasteiger partial charge on any atom is 0.341 e. The molecule has 0 amide bonds. The molecular formula is C8H8BrNO3. The summed E-state index contributed by atoms with van der Waals surface area (Å²) in [5.74, 6) is -1.22. The molecule has 0 spiro atoms. The largest absolute Gasteiger partial charge is 0.477 e. The third-order valence-electron chi connectivity index (χ3n) is 1.65. The zero-order chi connectivity index (χ0) is 10.0. The van der Waals surface area contributed by atoms with Crippen molar-refractivity contribution in [2.24, 2.45) is 0 Å². The van der Waals surface area contributed by atoms with Crippen molar-refractivity contribution < 1.29 is 9.90 Å². The van der Waals surface area contributed by atoms with Crippen molar-refractivity contribution in [1.29, 1.82) is 0 Å². The topological polar surface area (TPSA) is 70.2 Å². The van der Waals surface area contributed by atoms with Gasteiger partial charge in [-0.1, -0.05) is 6.92 Å².